The first-order chi connectivity index (χ1) is 6.15. The number of aromatic nitrogens is 1. The fourth-order valence-electron chi connectivity index (χ4n) is 1.50. The standard InChI is InChI=1S/C8H7NO4/c10-5-1-8(2-5,7(11)12)6-3-9-4-13-6/h3-4H,1-2H2,(H,11,12). The zero-order chi connectivity index (χ0) is 9.47. The minimum atomic E-state index is -1.15. The molecule has 1 aliphatic carbocycles. The van der Waals surface area contributed by atoms with Crippen molar-refractivity contribution in [3.05, 3.63) is 18.4 Å². The van der Waals surface area contributed by atoms with E-state index in [-0.39, 0.29) is 24.4 Å². The van der Waals surface area contributed by atoms with E-state index in [0.717, 1.165) is 0 Å². The smallest absolute Gasteiger partial charge is 0.318 e. The van der Waals surface area contributed by atoms with Crippen molar-refractivity contribution in [2.24, 2.45) is 0 Å². The van der Waals surface area contributed by atoms with Gasteiger partial charge in [-0.2, -0.15) is 0 Å². The van der Waals surface area contributed by atoms with Crippen LogP contribution in [0.25, 0.3) is 0 Å². The Bertz CT molecular complexity index is 346. The van der Waals surface area contributed by atoms with Crippen LogP contribution >= 0.6 is 0 Å². The third-order valence-corrected chi connectivity index (χ3v) is 2.31. The third-order valence-electron chi connectivity index (χ3n) is 2.31. The summed E-state index contributed by atoms with van der Waals surface area (Å²) in [6, 6.07) is 0. The number of aliphatic carboxylic acids is 1. The highest BCUT2D eigenvalue weighted by Crippen LogP contribution is 2.41. The van der Waals surface area contributed by atoms with E-state index in [1.54, 1.807) is 0 Å². The number of nitrogens with zero attached hydrogens (tertiary/aromatic N) is 1. The van der Waals surface area contributed by atoms with Crippen molar-refractivity contribution in [3.8, 4) is 0 Å². The van der Waals surface area contributed by atoms with Gasteiger partial charge in [0.2, 0.25) is 0 Å². The summed E-state index contributed by atoms with van der Waals surface area (Å²) in [5.41, 5.74) is -1.15. The summed E-state index contributed by atoms with van der Waals surface area (Å²) in [6.07, 6.45) is 2.54. The van der Waals surface area contributed by atoms with Gasteiger partial charge in [0, 0.05) is 12.8 Å². The molecule has 1 fully saturated rings. The molecule has 0 amide bonds. The van der Waals surface area contributed by atoms with E-state index in [1.165, 1.54) is 12.6 Å². The summed E-state index contributed by atoms with van der Waals surface area (Å²) in [5.74, 6) is -0.817. The Balaban J connectivity index is 2.37. The Morgan fingerprint density at radius 2 is 2.31 bits per heavy atom. The van der Waals surface area contributed by atoms with Gasteiger partial charge < -0.3 is 9.52 Å². The van der Waals surface area contributed by atoms with Gasteiger partial charge in [0.05, 0.1) is 6.20 Å². The highest BCUT2D eigenvalue weighted by atomic mass is 16.4. The molecule has 0 unspecified atom stereocenters. The lowest BCUT2D eigenvalue weighted by atomic mass is 9.66. The predicted molar refractivity (Wildman–Crippen MR) is 40.1 cm³/mol. The molecule has 1 aliphatic rings. The molecule has 0 radical (unpaired) electrons. The maximum Gasteiger partial charge on any atom is 0.318 e. The van der Waals surface area contributed by atoms with Crippen LogP contribution in [0, 0.1) is 0 Å². The monoisotopic (exact) mass is 181 g/mol. The normalized spacial score (nSPS) is 19.5. The van der Waals surface area contributed by atoms with Crippen molar-refractivity contribution in [2.75, 3.05) is 0 Å². The quantitative estimate of drug-likeness (QED) is 0.712. The fourth-order valence-corrected chi connectivity index (χ4v) is 1.50. The molecule has 0 saturated heterocycles. The van der Waals surface area contributed by atoms with Crippen molar-refractivity contribution in [2.45, 2.75) is 18.3 Å². The number of ketones is 1. The first-order valence-corrected chi connectivity index (χ1v) is 3.79. The molecule has 1 aromatic rings. The van der Waals surface area contributed by atoms with Gasteiger partial charge >= 0.3 is 5.97 Å². The van der Waals surface area contributed by atoms with Gasteiger partial charge in [0.15, 0.2) is 6.39 Å². The molecule has 5 heteroatoms. The van der Waals surface area contributed by atoms with Crippen molar-refractivity contribution >= 4 is 11.8 Å². The second kappa shape index (κ2) is 2.42. The summed E-state index contributed by atoms with van der Waals surface area (Å²) in [5, 5.41) is 8.93. The lowest BCUT2D eigenvalue weighted by Crippen LogP contribution is -2.48. The Kier molecular flexibility index (Phi) is 1.48. The Labute approximate surface area is 73.4 Å². The minimum absolute atomic E-state index is 0.0114. The van der Waals surface area contributed by atoms with Crippen molar-refractivity contribution in [1.82, 2.24) is 4.98 Å². The SMILES string of the molecule is O=C1CC(C(=O)O)(c2cnco2)C1. The number of hydrogen-bond donors (Lipinski definition) is 1. The van der Waals surface area contributed by atoms with E-state index in [2.05, 4.69) is 4.98 Å². The summed E-state index contributed by atoms with van der Waals surface area (Å²) < 4.78 is 4.91. The molecule has 13 heavy (non-hydrogen) atoms. The van der Waals surface area contributed by atoms with E-state index in [4.69, 9.17) is 9.52 Å². The fraction of sp³-hybridized carbons (Fsp3) is 0.375. The van der Waals surface area contributed by atoms with E-state index in [9.17, 15) is 9.59 Å². The second-order valence-electron chi connectivity index (χ2n) is 3.15. The molecule has 0 aromatic carbocycles. The van der Waals surface area contributed by atoms with Crippen LogP contribution in [0.5, 0.6) is 0 Å². The molecule has 68 valence electrons. The van der Waals surface area contributed by atoms with Crippen LogP contribution in [0.2, 0.25) is 0 Å². The van der Waals surface area contributed by atoms with Crippen LogP contribution in [0.15, 0.2) is 17.0 Å². The van der Waals surface area contributed by atoms with Gasteiger partial charge in [0.1, 0.15) is 17.0 Å². The zero-order valence-corrected chi connectivity index (χ0v) is 6.69. The number of carboxylic acid groups (broad SMARTS) is 1. The Morgan fingerprint density at radius 1 is 1.62 bits per heavy atom. The molecular formula is C8H7NO4. The van der Waals surface area contributed by atoms with Crippen LogP contribution in [0.1, 0.15) is 18.6 Å². The maximum absolute atomic E-state index is 10.9. The summed E-state index contributed by atoms with van der Waals surface area (Å²) in [7, 11) is 0. The molecule has 1 N–H and O–H groups in total. The Hall–Kier alpha value is -1.65. The number of carbonyl (C=O) groups excluding carboxylic acids is 1. The third kappa shape index (κ3) is 0.965. The average molecular weight is 181 g/mol. The van der Waals surface area contributed by atoms with Crippen molar-refractivity contribution in [3.63, 3.8) is 0 Å². The number of oxazole rings is 1. The van der Waals surface area contributed by atoms with Crippen LogP contribution in [0.3, 0.4) is 0 Å². The number of hydrogen-bond acceptors (Lipinski definition) is 4. The molecule has 0 spiro atoms. The zero-order valence-electron chi connectivity index (χ0n) is 6.69. The Morgan fingerprint density at radius 3 is 2.69 bits per heavy atom. The van der Waals surface area contributed by atoms with E-state index in [1.807, 2.05) is 0 Å². The van der Waals surface area contributed by atoms with Crippen molar-refractivity contribution in [1.29, 1.82) is 0 Å². The van der Waals surface area contributed by atoms with Gasteiger partial charge in [0.25, 0.3) is 0 Å². The first kappa shape index (κ1) is 7.97. The van der Waals surface area contributed by atoms with Crippen LogP contribution in [0.4, 0.5) is 0 Å². The van der Waals surface area contributed by atoms with Gasteiger partial charge in [-0.05, 0) is 0 Å². The average Bonchev–Trinajstić information content (AvgIpc) is 2.49. The largest absolute Gasteiger partial charge is 0.480 e. The van der Waals surface area contributed by atoms with Crippen LogP contribution in [-0.2, 0) is 15.0 Å². The number of carboxylic acids is 1. The molecule has 0 bridgehead atoms. The van der Waals surface area contributed by atoms with Gasteiger partial charge in [-0.1, -0.05) is 0 Å². The predicted octanol–water partition coefficient (Wildman–Crippen LogP) is 0.360. The van der Waals surface area contributed by atoms with E-state index < -0.39 is 11.4 Å². The molecule has 0 aliphatic heterocycles. The minimum Gasteiger partial charge on any atom is -0.480 e. The number of carbonyl (C=O) groups is 2. The molecule has 1 saturated carbocycles. The number of rotatable bonds is 2. The highest BCUT2D eigenvalue weighted by Gasteiger charge is 2.54. The molecule has 1 aromatic heterocycles. The number of Topliss-reactive ketones (excluding diaryl/α,β-unsaturated/α-hetero) is 1. The van der Waals surface area contributed by atoms with E-state index in [0.29, 0.717) is 0 Å². The van der Waals surface area contributed by atoms with Gasteiger partial charge in [-0.25, -0.2) is 4.98 Å². The van der Waals surface area contributed by atoms with Gasteiger partial charge in [-0.15, -0.1) is 0 Å². The molecular weight excluding hydrogens is 174 g/mol. The summed E-state index contributed by atoms with van der Waals surface area (Å²) in [4.78, 5) is 25.3. The summed E-state index contributed by atoms with van der Waals surface area (Å²) in [6.45, 7) is 0. The van der Waals surface area contributed by atoms with Crippen LogP contribution in [-0.4, -0.2) is 21.8 Å². The van der Waals surface area contributed by atoms with Gasteiger partial charge in [-0.3, -0.25) is 9.59 Å². The van der Waals surface area contributed by atoms with Crippen molar-refractivity contribution < 1.29 is 19.1 Å². The first-order valence-electron chi connectivity index (χ1n) is 3.79. The molecule has 5 nitrogen and oxygen atoms in total. The molecule has 0 atom stereocenters. The molecule has 1 heterocycles. The topological polar surface area (TPSA) is 80.4 Å². The second-order valence-corrected chi connectivity index (χ2v) is 3.15. The lowest BCUT2D eigenvalue weighted by Gasteiger charge is -2.33. The lowest BCUT2D eigenvalue weighted by molar-refractivity contribution is -0.154. The van der Waals surface area contributed by atoms with E-state index >= 15 is 0 Å². The summed E-state index contributed by atoms with van der Waals surface area (Å²) >= 11 is 0. The molecule has 2 rings (SSSR count). The van der Waals surface area contributed by atoms with Crippen LogP contribution < -0.4 is 0 Å². The maximum atomic E-state index is 10.9. The highest BCUT2D eigenvalue weighted by molar-refractivity contribution is 6.00.